The van der Waals surface area contributed by atoms with Gasteiger partial charge in [0.15, 0.2) is 11.3 Å². The maximum Gasteiger partial charge on any atom is 0.204 e. The number of nitrogens with one attached hydrogen (secondary N) is 1. The van der Waals surface area contributed by atoms with Crippen LogP contribution in [0.2, 0.25) is 0 Å². The highest BCUT2D eigenvalue weighted by atomic mass is 16.5. The largest absolute Gasteiger partial charge is 0.493 e. The number of benzene rings is 4. The molecule has 1 aromatic heterocycles. The monoisotopic (exact) mass is 500 g/mol. The Balaban J connectivity index is 1.45. The number of ether oxygens (including phenoxy) is 2. The van der Waals surface area contributed by atoms with Crippen molar-refractivity contribution in [2.75, 3.05) is 19.5 Å². The summed E-state index contributed by atoms with van der Waals surface area (Å²) in [4.78, 5) is 0. The molecule has 0 saturated carbocycles. The molecule has 188 valence electrons. The van der Waals surface area contributed by atoms with E-state index in [1.54, 1.807) is 20.4 Å². The van der Waals surface area contributed by atoms with E-state index in [0.717, 1.165) is 28.0 Å². The van der Waals surface area contributed by atoms with Crippen molar-refractivity contribution in [1.82, 2.24) is 0 Å². The SMILES string of the molecule is COc1cc(CC(C#N)=CNc2ccccc2)c2cc(Cc3ccc(-c4ccccc4)cc3)oc2c1OC. The number of hydrogen-bond donors (Lipinski definition) is 1. The molecule has 0 radical (unpaired) electrons. The summed E-state index contributed by atoms with van der Waals surface area (Å²) in [7, 11) is 3.20. The van der Waals surface area contributed by atoms with Crippen LogP contribution in [0.5, 0.6) is 11.5 Å². The molecule has 0 atom stereocenters. The number of furan rings is 1. The number of rotatable bonds is 9. The number of hydrogen-bond acceptors (Lipinski definition) is 5. The average Bonchev–Trinajstić information content (AvgIpc) is 3.40. The lowest BCUT2D eigenvalue weighted by Crippen LogP contribution is -1.97. The smallest absolute Gasteiger partial charge is 0.204 e. The zero-order valence-electron chi connectivity index (χ0n) is 21.4. The van der Waals surface area contributed by atoms with Crippen molar-refractivity contribution in [3.8, 4) is 28.7 Å². The van der Waals surface area contributed by atoms with Gasteiger partial charge in [0, 0.05) is 35.7 Å². The zero-order valence-corrected chi connectivity index (χ0v) is 21.4. The first kappa shape index (κ1) is 24.7. The lowest BCUT2D eigenvalue weighted by atomic mass is 10.0. The molecule has 0 spiro atoms. The van der Waals surface area contributed by atoms with Gasteiger partial charge in [-0.15, -0.1) is 0 Å². The highest BCUT2D eigenvalue weighted by Crippen LogP contribution is 2.40. The molecule has 5 heteroatoms. The number of allylic oxidation sites excluding steroid dienone is 1. The van der Waals surface area contributed by atoms with E-state index in [0.29, 0.717) is 35.5 Å². The normalized spacial score (nSPS) is 11.2. The van der Waals surface area contributed by atoms with Crippen LogP contribution in [0.15, 0.2) is 113 Å². The third-order valence-electron chi connectivity index (χ3n) is 6.44. The number of anilines is 1. The van der Waals surface area contributed by atoms with Crippen molar-refractivity contribution in [3.05, 3.63) is 126 Å². The Morgan fingerprint density at radius 1 is 0.868 bits per heavy atom. The molecule has 5 aromatic rings. The van der Waals surface area contributed by atoms with Gasteiger partial charge in [-0.1, -0.05) is 72.8 Å². The molecule has 0 aliphatic rings. The molecule has 0 amide bonds. The third kappa shape index (κ3) is 5.40. The summed E-state index contributed by atoms with van der Waals surface area (Å²) in [6, 6.07) is 34.9. The first-order valence-corrected chi connectivity index (χ1v) is 12.4. The first-order chi connectivity index (χ1) is 18.7. The quantitative estimate of drug-likeness (QED) is 0.209. The lowest BCUT2D eigenvalue weighted by Gasteiger charge is -2.11. The fourth-order valence-corrected chi connectivity index (χ4v) is 4.52. The van der Waals surface area contributed by atoms with Crippen molar-refractivity contribution in [2.24, 2.45) is 0 Å². The van der Waals surface area contributed by atoms with Gasteiger partial charge in [-0.25, -0.2) is 0 Å². The molecular formula is C33H28N2O3. The summed E-state index contributed by atoms with van der Waals surface area (Å²) in [6.07, 6.45) is 2.79. The Bertz CT molecular complexity index is 1600. The molecule has 0 fully saturated rings. The van der Waals surface area contributed by atoms with Crippen LogP contribution in [0.1, 0.15) is 16.9 Å². The van der Waals surface area contributed by atoms with Crippen molar-refractivity contribution >= 4 is 16.7 Å². The molecule has 0 saturated heterocycles. The molecule has 0 aliphatic carbocycles. The standard InChI is InChI=1S/C33H28N2O3/c1-36-31-19-27(17-24(21-34)22-35-28-11-7-4-8-12-28)30-20-29(38-32(30)33(31)37-2)18-23-13-15-26(16-14-23)25-9-5-3-6-10-25/h3-16,19-20,22,35H,17-18H2,1-2H3. The Morgan fingerprint density at radius 3 is 2.21 bits per heavy atom. The van der Waals surface area contributed by atoms with Gasteiger partial charge in [-0.3, -0.25) is 0 Å². The predicted molar refractivity (Wildman–Crippen MR) is 151 cm³/mol. The highest BCUT2D eigenvalue weighted by Gasteiger charge is 2.19. The van der Waals surface area contributed by atoms with Gasteiger partial charge in [0.25, 0.3) is 0 Å². The highest BCUT2D eigenvalue weighted by molar-refractivity contribution is 5.90. The van der Waals surface area contributed by atoms with Crippen molar-refractivity contribution < 1.29 is 13.9 Å². The molecule has 38 heavy (non-hydrogen) atoms. The van der Waals surface area contributed by atoms with Crippen LogP contribution in [-0.4, -0.2) is 14.2 Å². The summed E-state index contributed by atoms with van der Waals surface area (Å²) in [5.74, 6) is 1.92. The molecule has 5 rings (SSSR count). The summed E-state index contributed by atoms with van der Waals surface area (Å²) in [5.41, 5.74) is 6.55. The van der Waals surface area contributed by atoms with Gasteiger partial charge in [0.05, 0.1) is 20.3 Å². The Morgan fingerprint density at radius 2 is 1.55 bits per heavy atom. The number of nitrogens with zero attached hydrogens (tertiary/aromatic N) is 1. The zero-order chi connectivity index (χ0) is 26.3. The second-order valence-electron chi connectivity index (χ2n) is 8.93. The van der Waals surface area contributed by atoms with E-state index in [1.807, 2.05) is 60.7 Å². The Labute approximate surface area is 222 Å². The summed E-state index contributed by atoms with van der Waals surface area (Å²) in [5, 5.41) is 13.9. The van der Waals surface area contributed by atoms with Gasteiger partial charge in [0.2, 0.25) is 5.75 Å². The molecule has 1 N–H and O–H groups in total. The summed E-state index contributed by atoms with van der Waals surface area (Å²) >= 11 is 0. The van der Waals surface area contributed by atoms with Crippen molar-refractivity contribution in [3.63, 3.8) is 0 Å². The summed E-state index contributed by atoms with van der Waals surface area (Å²) < 4.78 is 17.6. The number of para-hydroxylation sites is 1. The van der Waals surface area contributed by atoms with E-state index < -0.39 is 0 Å². The van der Waals surface area contributed by atoms with E-state index in [2.05, 4.69) is 47.8 Å². The second kappa shape index (κ2) is 11.4. The van der Waals surface area contributed by atoms with Crippen LogP contribution in [0.4, 0.5) is 5.69 Å². The van der Waals surface area contributed by atoms with Gasteiger partial charge >= 0.3 is 0 Å². The van der Waals surface area contributed by atoms with E-state index in [-0.39, 0.29) is 0 Å². The number of nitriles is 1. The van der Waals surface area contributed by atoms with Crippen molar-refractivity contribution in [2.45, 2.75) is 12.8 Å². The molecule has 5 nitrogen and oxygen atoms in total. The van der Waals surface area contributed by atoms with E-state index >= 15 is 0 Å². The Hall–Kier alpha value is -4.95. The van der Waals surface area contributed by atoms with E-state index in [4.69, 9.17) is 13.9 Å². The average molecular weight is 501 g/mol. The van der Waals surface area contributed by atoms with Gasteiger partial charge < -0.3 is 19.2 Å². The molecule has 0 unspecified atom stereocenters. The van der Waals surface area contributed by atoms with Gasteiger partial charge in [-0.2, -0.15) is 5.26 Å². The molecule has 0 aliphatic heterocycles. The van der Waals surface area contributed by atoms with Crippen LogP contribution >= 0.6 is 0 Å². The van der Waals surface area contributed by atoms with E-state index in [9.17, 15) is 5.26 Å². The minimum Gasteiger partial charge on any atom is -0.493 e. The predicted octanol–water partition coefficient (Wildman–Crippen LogP) is 7.77. The first-order valence-electron chi connectivity index (χ1n) is 12.4. The van der Waals surface area contributed by atoms with Gasteiger partial charge in [0.1, 0.15) is 5.76 Å². The van der Waals surface area contributed by atoms with Crippen LogP contribution in [-0.2, 0) is 12.8 Å². The maximum atomic E-state index is 9.83. The maximum absolute atomic E-state index is 9.83. The fourth-order valence-electron chi connectivity index (χ4n) is 4.52. The number of methoxy groups -OCH3 is 2. The van der Waals surface area contributed by atoms with Crippen molar-refractivity contribution in [1.29, 1.82) is 5.26 Å². The molecular weight excluding hydrogens is 472 g/mol. The van der Waals surface area contributed by atoms with Crippen LogP contribution in [0.3, 0.4) is 0 Å². The van der Waals surface area contributed by atoms with Crippen LogP contribution < -0.4 is 14.8 Å². The third-order valence-corrected chi connectivity index (χ3v) is 6.44. The molecule has 0 bridgehead atoms. The fraction of sp³-hybridized carbons (Fsp3) is 0.121. The number of fused-ring (bicyclic) bond motifs is 1. The minimum atomic E-state index is 0.415. The van der Waals surface area contributed by atoms with Crippen LogP contribution in [0, 0.1) is 11.3 Å². The topological polar surface area (TPSA) is 67.4 Å². The van der Waals surface area contributed by atoms with Gasteiger partial charge in [-0.05, 0) is 46.5 Å². The van der Waals surface area contributed by atoms with Crippen LogP contribution in [0.25, 0.3) is 22.1 Å². The second-order valence-corrected chi connectivity index (χ2v) is 8.93. The molecule has 4 aromatic carbocycles. The minimum absolute atomic E-state index is 0.415. The Kier molecular flexibility index (Phi) is 7.42. The lowest BCUT2D eigenvalue weighted by molar-refractivity contribution is 0.352. The molecule has 1 heterocycles. The van der Waals surface area contributed by atoms with E-state index in [1.165, 1.54) is 11.1 Å². The summed E-state index contributed by atoms with van der Waals surface area (Å²) in [6.45, 7) is 0.